The van der Waals surface area contributed by atoms with Gasteiger partial charge in [0.1, 0.15) is 11.8 Å². The van der Waals surface area contributed by atoms with Crippen LogP contribution in [0.2, 0.25) is 0 Å². The van der Waals surface area contributed by atoms with Crippen molar-refractivity contribution in [2.75, 3.05) is 0 Å². The van der Waals surface area contributed by atoms with Gasteiger partial charge in [-0.05, 0) is 11.6 Å². The number of aliphatic carboxylic acids is 1. The standard InChI is InChI=1S/C11H11N3O5/c12-6(11(16)17)3-5-4-13-10-8(15)2-1-7(9(5)10)14(18)19/h1-2,4,6,13,15H,3,12H2,(H,16,17)/t6-/m0/s1. The molecular weight excluding hydrogens is 254 g/mol. The summed E-state index contributed by atoms with van der Waals surface area (Å²) in [5.41, 5.74) is 5.79. The second kappa shape index (κ2) is 4.58. The lowest BCUT2D eigenvalue weighted by Crippen LogP contribution is -2.32. The van der Waals surface area contributed by atoms with Crippen molar-refractivity contribution in [2.24, 2.45) is 5.73 Å². The number of hydrogen-bond donors (Lipinski definition) is 4. The van der Waals surface area contributed by atoms with Crippen LogP contribution in [-0.4, -0.2) is 32.1 Å². The molecule has 0 fully saturated rings. The molecule has 1 atom stereocenters. The summed E-state index contributed by atoms with van der Waals surface area (Å²) in [5, 5.41) is 29.5. The average molecular weight is 265 g/mol. The predicted octanol–water partition coefficient (Wildman–Crippen LogP) is 0.736. The van der Waals surface area contributed by atoms with E-state index in [1.165, 1.54) is 18.3 Å². The highest BCUT2D eigenvalue weighted by molar-refractivity contribution is 5.96. The number of nitrogens with one attached hydrogen (secondary N) is 1. The molecule has 8 nitrogen and oxygen atoms in total. The first kappa shape index (κ1) is 12.8. The van der Waals surface area contributed by atoms with E-state index >= 15 is 0 Å². The van der Waals surface area contributed by atoms with Crippen molar-refractivity contribution in [3.8, 4) is 5.75 Å². The van der Waals surface area contributed by atoms with Gasteiger partial charge >= 0.3 is 5.97 Å². The topological polar surface area (TPSA) is 142 Å². The summed E-state index contributed by atoms with van der Waals surface area (Å²) in [6, 6.07) is 1.21. The number of phenolic OH excluding ortho intramolecular Hbond substituents is 1. The number of aromatic nitrogens is 1. The quantitative estimate of drug-likeness (QED) is 0.474. The summed E-state index contributed by atoms with van der Waals surface area (Å²) in [4.78, 5) is 23.8. The molecule has 0 bridgehead atoms. The Bertz CT molecular complexity index is 664. The molecule has 2 aromatic rings. The first-order valence-electron chi connectivity index (χ1n) is 5.36. The molecule has 0 unspecified atom stereocenters. The Morgan fingerprint density at radius 1 is 1.53 bits per heavy atom. The molecular formula is C11H11N3O5. The molecule has 2 rings (SSSR count). The zero-order valence-electron chi connectivity index (χ0n) is 9.66. The molecule has 1 heterocycles. The van der Waals surface area contributed by atoms with E-state index in [9.17, 15) is 20.0 Å². The van der Waals surface area contributed by atoms with Gasteiger partial charge in [0.2, 0.25) is 0 Å². The smallest absolute Gasteiger partial charge is 0.320 e. The number of carboxylic acids is 1. The summed E-state index contributed by atoms with van der Waals surface area (Å²) < 4.78 is 0. The maximum atomic E-state index is 11.0. The number of aromatic hydroxyl groups is 1. The second-order valence-electron chi connectivity index (χ2n) is 4.07. The van der Waals surface area contributed by atoms with Gasteiger partial charge in [-0.25, -0.2) is 0 Å². The SMILES string of the molecule is N[C@@H](Cc1c[nH]c2c(O)ccc([N+](=O)[O-])c12)C(=O)O. The van der Waals surface area contributed by atoms with Crippen molar-refractivity contribution in [3.63, 3.8) is 0 Å². The zero-order valence-corrected chi connectivity index (χ0v) is 9.66. The largest absolute Gasteiger partial charge is 0.506 e. The number of phenols is 1. The van der Waals surface area contributed by atoms with E-state index in [2.05, 4.69) is 4.98 Å². The number of non-ortho nitro benzene ring substituents is 1. The normalized spacial score (nSPS) is 12.5. The van der Waals surface area contributed by atoms with Crippen LogP contribution in [0.3, 0.4) is 0 Å². The summed E-state index contributed by atoms with van der Waals surface area (Å²) in [6.07, 6.45) is 1.35. The van der Waals surface area contributed by atoms with Crippen molar-refractivity contribution in [1.29, 1.82) is 0 Å². The second-order valence-corrected chi connectivity index (χ2v) is 4.07. The number of nitrogens with two attached hydrogens (primary N) is 1. The van der Waals surface area contributed by atoms with Gasteiger partial charge in [0, 0.05) is 18.7 Å². The van der Waals surface area contributed by atoms with E-state index in [1.807, 2.05) is 0 Å². The van der Waals surface area contributed by atoms with Crippen LogP contribution in [0.25, 0.3) is 10.9 Å². The summed E-state index contributed by atoms with van der Waals surface area (Å²) in [5.74, 6) is -1.34. The molecule has 0 spiro atoms. The number of aromatic amines is 1. The summed E-state index contributed by atoms with van der Waals surface area (Å²) >= 11 is 0. The number of carbonyl (C=O) groups is 1. The van der Waals surface area contributed by atoms with Gasteiger partial charge < -0.3 is 20.9 Å². The highest BCUT2D eigenvalue weighted by atomic mass is 16.6. The Hall–Kier alpha value is -2.61. The minimum atomic E-state index is -1.20. The van der Waals surface area contributed by atoms with Crippen molar-refractivity contribution in [1.82, 2.24) is 4.98 Å². The Labute approximate surface area is 106 Å². The molecule has 0 radical (unpaired) electrons. The number of nitro benzene ring substituents is 1. The van der Waals surface area contributed by atoms with E-state index in [1.54, 1.807) is 0 Å². The molecule has 0 aliphatic rings. The Kier molecular flexibility index (Phi) is 3.09. The fourth-order valence-corrected chi connectivity index (χ4v) is 1.92. The van der Waals surface area contributed by atoms with E-state index in [0.717, 1.165) is 0 Å². The van der Waals surface area contributed by atoms with Gasteiger partial charge in [-0.3, -0.25) is 14.9 Å². The van der Waals surface area contributed by atoms with Crippen LogP contribution in [0.5, 0.6) is 5.75 Å². The van der Waals surface area contributed by atoms with Crippen molar-refractivity contribution in [2.45, 2.75) is 12.5 Å². The number of rotatable bonds is 4. The van der Waals surface area contributed by atoms with Crippen LogP contribution in [0, 0.1) is 10.1 Å². The molecule has 0 aliphatic heterocycles. The third kappa shape index (κ3) is 2.20. The number of nitro groups is 1. The average Bonchev–Trinajstić information content (AvgIpc) is 2.74. The van der Waals surface area contributed by atoms with Crippen LogP contribution >= 0.6 is 0 Å². The Morgan fingerprint density at radius 3 is 2.79 bits per heavy atom. The number of H-pyrrole nitrogens is 1. The van der Waals surface area contributed by atoms with E-state index in [0.29, 0.717) is 5.56 Å². The lowest BCUT2D eigenvalue weighted by atomic mass is 10.0. The molecule has 1 aromatic heterocycles. The number of fused-ring (bicyclic) bond motifs is 1. The molecule has 0 aliphatic carbocycles. The van der Waals surface area contributed by atoms with Gasteiger partial charge in [-0.2, -0.15) is 0 Å². The van der Waals surface area contributed by atoms with Crippen LogP contribution in [0.15, 0.2) is 18.3 Å². The molecule has 8 heteroatoms. The zero-order chi connectivity index (χ0) is 14.2. The number of benzene rings is 1. The van der Waals surface area contributed by atoms with Gasteiger partial charge in [0.05, 0.1) is 15.8 Å². The Morgan fingerprint density at radius 2 is 2.21 bits per heavy atom. The molecule has 19 heavy (non-hydrogen) atoms. The molecule has 1 aromatic carbocycles. The molecule has 100 valence electrons. The van der Waals surface area contributed by atoms with E-state index in [4.69, 9.17) is 10.8 Å². The fourth-order valence-electron chi connectivity index (χ4n) is 1.92. The van der Waals surface area contributed by atoms with Gasteiger partial charge in [0.15, 0.2) is 0 Å². The van der Waals surface area contributed by atoms with Crippen LogP contribution in [-0.2, 0) is 11.2 Å². The Balaban J connectivity index is 2.59. The lowest BCUT2D eigenvalue weighted by molar-refractivity contribution is -0.383. The molecule has 5 N–H and O–H groups in total. The number of hydrogen-bond acceptors (Lipinski definition) is 5. The molecule has 0 saturated heterocycles. The van der Waals surface area contributed by atoms with E-state index in [-0.39, 0.29) is 28.8 Å². The molecule has 0 saturated carbocycles. The van der Waals surface area contributed by atoms with Crippen molar-refractivity contribution in [3.05, 3.63) is 34.0 Å². The van der Waals surface area contributed by atoms with Crippen molar-refractivity contribution < 1.29 is 19.9 Å². The van der Waals surface area contributed by atoms with Gasteiger partial charge in [0.25, 0.3) is 5.69 Å². The number of nitrogens with zero attached hydrogens (tertiary/aromatic N) is 1. The first-order valence-corrected chi connectivity index (χ1v) is 5.36. The minimum absolute atomic E-state index is 0.0698. The van der Waals surface area contributed by atoms with Crippen LogP contribution in [0.1, 0.15) is 5.56 Å². The third-order valence-electron chi connectivity index (χ3n) is 2.83. The highest BCUT2D eigenvalue weighted by Gasteiger charge is 2.22. The first-order chi connectivity index (χ1) is 8.91. The minimum Gasteiger partial charge on any atom is -0.506 e. The summed E-state index contributed by atoms with van der Waals surface area (Å²) in [7, 11) is 0. The third-order valence-corrected chi connectivity index (χ3v) is 2.83. The fraction of sp³-hybridized carbons (Fsp3) is 0.182. The highest BCUT2D eigenvalue weighted by Crippen LogP contribution is 2.34. The lowest BCUT2D eigenvalue weighted by Gasteiger charge is -2.05. The predicted molar refractivity (Wildman–Crippen MR) is 65.9 cm³/mol. The van der Waals surface area contributed by atoms with Gasteiger partial charge in [-0.15, -0.1) is 0 Å². The van der Waals surface area contributed by atoms with Crippen LogP contribution in [0.4, 0.5) is 5.69 Å². The van der Waals surface area contributed by atoms with Gasteiger partial charge in [-0.1, -0.05) is 0 Å². The molecule has 0 amide bonds. The monoisotopic (exact) mass is 265 g/mol. The van der Waals surface area contributed by atoms with Crippen LogP contribution < -0.4 is 5.73 Å². The maximum absolute atomic E-state index is 11.0. The number of carboxylic acid groups (broad SMARTS) is 1. The maximum Gasteiger partial charge on any atom is 0.320 e. The summed E-state index contributed by atoms with van der Waals surface area (Å²) in [6.45, 7) is 0. The van der Waals surface area contributed by atoms with Crippen molar-refractivity contribution >= 4 is 22.6 Å². The van der Waals surface area contributed by atoms with E-state index < -0.39 is 16.9 Å².